The van der Waals surface area contributed by atoms with Crippen molar-refractivity contribution in [2.75, 3.05) is 75.4 Å². The molecule has 0 aliphatic rings. The Bertz CT molecular complexity index is 3370. The van der Waals surface area contributed by atoms with E-state index in [1.165, 1.54) is 88.1 Å². The summed E-state index contributed by atoms with van der Waals surface area (Å²) in [6.07, 6.45) is 0.898. The van der Waals surface area contributed by atoms with E-state index in [0.717, 1.165) is 6.07 Å². The second-order valence-corrected chi connectivity index (χ2v) is 20.1. The fraction of sp³-hybridized carbons (Fsp3) is 0.351. The molecule has 35 nitrogen and oxygen atoms in total. The summed E-state index contributed by atoms with van der Waals surface area (Å²) in [4.78, 5) is 122. The number of nitrogens with two attached hydrogens (primary N) is 6. The van der Waals surface area contributed by atoms with E-state index in [1.54, 1.807) is 0 Å². The maximum atomic E-state index is 14.5. The van der Waals surface area contributed by atoms with Gasteiger partial charge in [0.25, 0.3) is 23.6 Å². The quantitative estimate of drug-likeness (QED) is 0.0143. The van der Waals surface area contributed by atoms with Gasteiger partial charge in [-0.15, -0.1) is 0 Å². The van der Waals surface area contributed by atoms with Crippen molar-refractivity contribution in [2.24, 2.45) is 34.4 Å². The Balaban J connectivity index is 1.65. The number of aliphatic carboxylic acids is 1. The van der Waals surface area contributed by atoms with Crippen LogP contribution in [0.4, 0.5) is 22.7 Å². The monoisotopic (exact) mass is 1280 g/mol. The van der Waals surface area contributed by atoms with E-state index in [9.17, 15) is 48.3 Å². The van der Waals surface area contributed by atoms with Gasteiger partial charge in [0.05, 0.1) is 49.6 Å². The minimum atomic E-state index is -1.45. The molecule has 0 radical (unpaired) electrons. The normalized spacial score (nSPS) is 11.8. The van der Waals surface area contributed by atoms with E-state index in [0.29, 0.717) is 13.0 Å². The number of benzene rings is 4. The smallest absolute Gasteiger partial charge is 0.341 e. The number of hydrogen-bond donors (Lipinski definition) is 22. The van der Waals surface area contributed by atoms with Crippen LogP contribution in [0, 0.1) is 21.6 Å². The number of anilines is 4. The highest BCUT2D eigenvalue weighted by molar-refractivity contribution is 6.08. The number of primary amides is 1. The molecule has 8 amide bonds. The number of carbonyl (C=O) groups excluding carboxylic acids is 8. The number of rotatable bonds is 37. The molecule has 0 aliphatic heterocycles. The molecule has 0 aromatic heterocycles. The third-order valence-electron chi connectivity index (χ3n) is 13.2. The summed E-state index contributed by atoms with van der Waals surface area (Å²) in [7, 11) is 3.90. The van der Waals surface area contributed by atoms with Crippen molar-refractivity contribution < 1.29 is 67.2 Å². The molecular formula is C57H79N21O14. The van der Waals surface area contributed by atoms with E-state index >= 15 is 0 Å². The predicted octanol–water partition coefficient (Wildman–Crippen LogP) is -1.20. The van der Waals surface area contributed by atoms with E-state index < -0.39 is 84.0 Å². The van der Waals surface area contributed by atoms with Crippen LogP contribution in [-0.2, 0) is 24.0 Å². The molecule has 0 heterocycles. The molecule has 35 heteroatoms. The first-order valence-electron chi connectivity index (χ1n) is 28.3. The molecule has 4 aromatic rings. The summed E-state index contributed by atoms with van der Waals surface area (Å²) in [5.74, 6) is -9.39. The minimum absolute atomic E-state index is 0.00179. The fourth-order valence-electron chi connectivity index (χ4n) is 8.66. The summed E-state index contributed by atoms with van der Waals surface area (Å²) >= 11 is 0. The van der Waals surface area contributed by atoms with E-state index in [-0.39, 0.29) is 156 Å². The molecule has 0 aliphatic carbocycles. The number of ether oxygens (including phenoxy) is 4. The maximum Gasteiger partial charge on any atom is 0.341 e. The first-order valence-corrected chi connectivity index (χ1v) is 28.3. The molecule has 4 atom stereocenters. The fourth-order valence-corrected chi connectivity index (χ4v) is 8.66. The molecule has 0 bridgehead atoms. The highest BCUT2D eigenvalue weighted by Crippen LogP contribution is 2.28. The first kappa shape index (κ1) is 72.8. The van der Waals surface area contributed by atoms with Crippen LogP contribution >= 0.6 is 0 Å². The van der Waals surface area contributed by atoms with Gasteiger partial charge in [-0.05, 0) is 124 Å². The largest absolute Gasteiger partial charge is 0.496 e. The molecular weight excluding hydrogens is 1200 g/mol. The molecule has 0 saturated carbocycles. The topological polar surface area (TPSA) is 595 Å². The zero-order valence-corrected chi connectivity index (χ0v) is 50.6. The van der Waals surface area contributed by atoms with Crippen LogP contribution in [0.1, 0.15) is 92.8 Å². The molecule has 496 valence electrons. The minimum Gasteiger partial charge on any atom is -0.496 e. The predicted molar refractivity (Wildman–Crippen MR) is 340 cm³/mol. The Labute approximate surface area is 527 Å². The van der Waals surface area contributed by atoms with Gasteiger partial charge < -0.3 is 117 Å². The van der Waals surface area contributed by atoms with Gasteiger partial charge in [-0.1, -0.05) is 0 Å². The number of carboxylic acid groups (broad SMARTS) is 1. The van der Waals surface area contributed by atoms with Gasteiger partial charge in [0, 0.05) is 48.9 Å². The second-order valence-electron chi connectivity index (χ2n) is 20.1. The standard InChI is InChI=1S/C57H79N21O14/c1-89-41-16-12-29(24-33(41)46(59)81)73-51(86)38(9-5-21-69-55(62)63)76-48(83)35-26-31(14-18-43(35)91-3)74-53(88)40(11-7-23-71-57(66)67)78-49(84)36-27-32(15-19-44(36)92-28-45(79)80)75-52(87)39(10-6-22-70-56(64)65)77-47(82)34-25-30(13-17-42(34)90-2)72-50(85)37(58)8-4-20-68-54(60)61/h12-19,24-27,37-40H,4-11,20-23,28,58H2,1-3H3,(H2,59,81)(H,72,85)(H,73,86)(H,74,88)(H,75,87)(H,76,83)(H,77,82)(H,78,84)(H,79,80)(H4,60,61,68)(H4,62,63,69)(H4,64,65,70)(H4,66,67,71)/t37-,38-,39-,40-/m1/s1. The van der Waals surface area contributed by atoms with Gasteiger partial charge in [-0.3, -0.25) is 60.0 Å². The van der Waals surface area contributed by atoms with Crippen molar-refractivity contribution in [3.63, 3.8) is 0 Å². The van der Waals surface area contributed by atoms with Gasteiger partial charge in [0.1, 0.15) is 41.1 Å². The van der Waals surface area contributed by atoms with Crippen molar-refractivity contribution in [1.29, 1.82) is 21.6 Å². The van der Waals surface area contributed by atoms with Crippen LogP contribution < -0.4 is 112 Å². The van der Waals surface area contributed by atoms with Crippen LogP contribution in [0.2, 0.25) is 0 Å². The van der Waals surface area contributed by atoms with Crippen LogP contribution in [0.3, 0.4) is 0 Å². The number of methoxy groups -OCH3 is 3. The molecule has 0 unspecified atom stereocenters. The molecule has 28 N–H and O–H groups in total. The zero-order chi connectivity index (χ0) is 68.0. The number of carboxylic acids is 1. The molecule has 4 rings (SSSR count). The Hall–Kier alpha value is -11.7. The highest BCUT2D eigenvalue weighted by atomic mass is 16.5. The van der Waals surface area contributed by atoms with Gasteiger partial charge in [0.2, 0.25) is 23.6 Å². The van der Waals surface area contributed by atoms with Crippen molar-refractivity contribution in [3.8, 4) is 23.0 Å². The third-order valence-corrected chi connectivity index (χ3v) is 13.2. The number of guanidine groups is 4. The van der Waals surface area contributed by atoms with Gasteiger partial charge >= 0.3 is 5.97 Å². The van der Waals surface area contributed by atoms with Gasteiger partial charge in [-0.25, -0.2) is 4.79 Å². The molecule has 92 heavy (non-hydrogen) atoms. The van der Waals surface area contributed by atoms with Crippen LogP contribution in [0.5, 0.6) is 23.0 Å². The van der Waals surface area contributed by atoms with Crippen LogP contribution in [-0.4, -0.2) is 160 Å². The summed E-state index contributed by atoms with van der Waals surface area (Å²) < 4.78 is 21.6. The van der Waals surface area contributed by atoms with Crippen molar-refractivity contribution in [2.45, 2.75) is 75.5 Å². The number of carbonyl (C=O) groups is 9. The summed E-state index contributed by atoms with van der Waals surface area (Å²) in [6, 6.07) is 10.8. The lowest BCUT2D eigenvalue weighted by Crippen LogP contribution is -2.45. The van der Waals surface area contributed by atoms with E-state index in [2.05, 4.69) is 58.5 Å². The van der Waals surface area contributed by atoms with Crippen LogP contribution in [0.25, 0.3) is 0 Å². The Morgan fingerprint density at radius 1 is 0.424 bits per heavy atom. The van der Waals surface area contributed by atoms with Crippen molar-refractivity contribution >= 4 is 99.8 Å². The average Bonchev–Trinajstić information content (AvgIpc) is 1.23. The lowest BCUT2D eigenvalue weighted by Gasteiger charge is -2.22. The second kappa shape index (κ2) is 36.6. The summed E-state index contributed by atoms with van der Waals surface area (Å²) in [5.41, 5.74) is 32.8. The number of hydrogen-bond acceptors (Lipinski definition) is 18. The zero-order valence-electron chi connectivity index (χ0n) is 50.6. The van der Waals surface area contributed by atoms with Crippen LogP contribution in [0.15, 0.2) is 72.8 Å². The number of amides is 8. The summed E-state index contributed by atoms with van der Waals surface area (Å²) in [6.45, 7) is -0.347. The van der Waals surface area contributed by atoms with Crippen molar-refractivity contribution in [1.82, 2.24) is 37.2 Å². The molecule has 4 aromatic carbocycles. The summed E-state index contributed by atoms with van der Waals surface area (Å²) in [5, 5.41) is 68.5. The SMILES string of the molecule is COc1ccc(NC(=O)[C@@H](CCCNC(=N)N)NC(=O)c2cc(NC(=O)[C@@H](CCCNC(=N)N)NC(=O)c3cc(NC(=O)[C@@H](CCCNC(=N)N)NC(=O)c4cc(NC(=O)[C@H](N)CCCNC(=N)N)ccc4OC)ccc3OCC(=O)O)ccc2OC)cc1C(N)=O. The Morgan fingerprint density at radius 3 is 1.01 bits per heavy atom. The lowest BCUT2D eigenvalue weighted by molar-refractivity contribution is -0.139. The Morgan fingerprint density at radius 2 is 0.707 bits per heavy atom. The number of nitrogens with one attached hydrogen (secondary N) is 15. The van der Waals surface area contributed by atoms with E-state index in [4.69, 9.17) is 75.0 Å². The van der Waals surface area contributed by atoms with Crippen molar-refractivity contribution in [3.05, 3.63) is 95.1 Å². The molecule has 0 fully saturated rings. The Kier molecular flexibility index (Phi) is 29.0. The molecule has 0 saturated heterocycles. The third kappa shape index (κ3) is 24.1. The first-order chi connectivity index (χ1) is 43.7. The van der Waals surface area contributed by atoms with E-state index in [1.807, 2.05) is 0 Å². The highest BCUT2D eigenvalue weighted by Gasteiger charge is 2.29. The molecule has 0 spiro atoms. The maximum absolute atomic E-state index is 14.5. The lowest BCUT2D eigenvalue weighted by atomic mass is 10.1. The van der Waals surface area contributed by atoms with Gasteiger partial charge in [0.15, 0.2) is 30.4 Å². The average molecular weight is 1280 g/mol. The van der Waals surface area contributed by atoms with Gasteiger partial charge in [-0.2, -0.15) is 0 Å².